The van der Waals surface area contributed by atoms with Crippen LogP contribution in [0, 0.1) is 5.92 Å². The van der Waals surface area contributed by atoms with Crippen LogP contribution in [0.3, 0.4) is 0 Å². The van der Waals surface area contributed by atoms with Crippen LogP contribution in [0.25, 0.3) is 0 Å². The van der Waals surface area contributed by atoms with Crippen LogP contribution >= 0.6 is 0 Å². The Hall–Kier alpha value is -0.870. The summed E-state index contributed by atoms with van der Waals surface area (Å²) >= 11 is 0. The number of likely N-dealkylation sites (tertiary alicyclic amines) is 1. The lowest BCUT2D eigenvalue weighted by molar-refractivity contribution is 0.284. The molecule has 1 aromatic heterocycles. The molecular formula is C15H28N4. The molecule has 1 saturated heterocycles. The topological polar surface area (TPSA) is 33.1 Å². The third-order valence-corrected chi connectivity index (χ3v) is 3.80. The van der Waals surface area contributed by atoms with Crippen LogP contribution in [-0.4, -0.2) is 40.6 Å². The normalized spacial score (nSPS) is 18.3. The van der Waals surface area contributed by atoms with Gasteiger partial charge in [0, 0.05) is 25.3 Å². The van der Waals surface area contributed by atoms with E-state index in [0.717, 1.165) is 19.6 Å². The number of aromatic nitrogens is 2. The van der Waals surface area contributed by atoms with Crippen molar-refractivity contribution in [2.45, 2.75) is 46.2 Å². The molecule has 0 saturated carbocycles. The zero-order valence-corrected chi connectivity index (χ0v) is 12.6. The Kier molecular flexibility index (Phi) is 5.40. The summed E-state index contributed by atoms with van der Waals surface area (Å²) in [6, 6.07) is 0.511. The van der Waals surface area contributed by atoms with Gasteiger partial charge in [-0.1, -0.05) is 13.8 Å². The minimum absolute atomic E-state index is 0.511. The van der Waals surface area contributed by atoms with E-state index in [0.29, 0.717) is 12.0 Å². The highest BCUT2D eigenvalue weighted by Crippen LogP contribution is 2.15. The van der Waals surface area contributed by atoms with Crippen molar-refractivity contribution in [2.75, 3.05) is 26.2 Å². The van der Waals surface area contributed by atoms with Gasteiger partial charge in [0.1, 0.15) is 0 Å². The Bertz CT molecular complexity index is 366. The molecule has 2 rings (SSSR count). The summed E-state index contributed by atoms with van der Waals surface area (Å²) in [6.07, 6.45) is 6.69. The first-order valence-corrected chi connectivity index (χ1v) is 7.60. The second-order valence-corrected chi connectivity index (χ2v) is 6.17. The minimum atomic E-state index is 0.511. The maximum Gasteiger partial charge on any atom is 0.0951 e. The van der Waals surface area contributed by atoms with Gasteiger partial charge in [0.25, 0.3) is 0 Å². The lowest BCUT2D eigenvalue weighted by atomic mass is 10.2. The van der Waals surface area contributed by atoms with E-state index in [1.807, 2.05) is 12.5 Å². The zero-order chi connectivity index (χ0) is 13.7. The van der Waals surface area contributed by atoms with Crippen LogP contribution in [0.4, 0.5) is 0 Å². The Balaban J connectivity index is 1.86. The van der Waals surface area contributed by atoms with Crippen molar-refractivity contribution in [3.63, 3.8) is 0 Å². The molecule has 1 aliphatic heterocycles. The second-order valence-electron chi connectivity index (χ2n) is 6.17. The van der Waals surface area contributed by atoms with Crippen LogP contribution in [0.2, 0.25) is 0 Å². The maximum atomic E-state index is 4.32. The predicted molar refractivity (Wildman–Crippen MR) is 79.2 cm³/mol. The molecule has 1 aliphatic rings. The average molecular weight is 264 g/mol. The zero-order valence-electron chi connectivity index (χ0n) is 12.6. The lowest BCUT2D eigenvalue weighted by Gasteiger charge is -2.23. The highest BCUT2D eigenvalue weighted by molar-refractivity contribution is 5.00. The van der Waals surface area contributed by atoms with Crippen molar-refractivity contribution in [2.24, 2.45) is 5.92 Å². The first-order chi connectivity index (χ1) is 9.16. The van der Waals surface area contributed by atoms with Crippen LogP contribution < -0.4 is 5.32 Å². The number of imidazole rings is 1. The highest BCUT2D eigenvalue weighted by Gasteiger charge is 2.16. The molecule has 0 bridgehead atoms. The molecule has 2 heterocycles. The number of nitrogens with one attached hydrogen (secondary N) is 1. The molecule has 1 fully saturated rings. The molecule has 1 atom stereocenters. The Morgan fingerprint density at radius 3 is 2.68 bits per heavy atom. The van der Waals surface area contributed by atoms with Crippen molar-refractivity contribution in [1.82, 2.24) is 19.8 Å². The average Bonchev–Trinajstić information content (AvgIpc) is 2.99. The van der Waals surface area contributed by atoms with Crippen LogP contribution in [0.15, 0.2) is 12.5 Å². The summed E-state index contributed by atoms with van der Waals surface area (Å²) < 4.78 is 2.33. The molecule has 0 aromatic carbocycles. The van der Waals surface area contributed by atoms with Gasteiger partial charge in [-0.15, -0.1) is 0 Å². The van der Waals surface area contributed by atoms with E-state index >= 15 is 0 Å². The Labute approximate surface area is 117 Å². The van der Waals surface area contributed by atoms with Gasteiger partial charge in [-0.25, -0.2) is 4.98 Å². The van der Waals surface area contributed by atoms with E-state index in [2.05, 4.69) is 40.5 Å². The van der Waals surface area contributed by atoms with Gasteiger partial charge in [-0.2, -0.15) is 0 Å². The van der Waals surface area contributed by atoms with Gasteiger partial charge < -0.3 is 14.8 Å². The minimum Gasteiger partial charge on any atom is -0.329 e. The van der Waals surface area contributed by atoms with Gasteiger partial charge >= 0.3 is 0 Å². The molecule has 1 unspecified atom stereocenters. The Morgan fingerprint density at radius 2 is 2.00 bits per heavy atom. The smallest absolute Gasteiger partial charge is 0.0951 e. The third-order valence-electron chi connectivity index (χ3n) is 3.80. The van der Waals surface area contributed by atoms with Crippen molar-refractivity contribution in [1.29, 1.82) is 0 Å². The van der Waals surface area contributed by atoms with E-state index < -0.39 is 0 Å². The fourth-order valence-corrected chi connectivity index (χ4v) is 2.78. The van der Waals surface area contributed by atoms with Gasteiger partial charge in [-0.05, 0) is 45.3 Å². The Morgan fingerprint density at radius 1 is 1.26 bits per heavy atom. The number of hydrogen-bond acceptors (Lipinski definition) is 3. The molecule has 4 heteroatoms. The van der Waals surface area contributed by atoms with Crippen molar-refractivity contribution < 1.29 is 0 Å². The summed E-state index contributed by atoms with van der Waals surface area (Å²) in [4.78, 5) is 6.89. The SMILES string of the molecule is CC(C)CNCc1cncn1C(C)CN1CCCC1. The number of rotatable bonds is 7. The molecule has 1 N–H and O–H groups in total. The quantitative estimate of drug-likeness (QED) is 0.820. The molecule has 0 spiro atoms. The van der Waals surface area contributed by atoms with E-state index in [1.54, 1.807) is 0 Å². The highest BCUT2D eigenvalue weighted by atomic mass is 15.2. The standard InChI is InChI=1S/C15H28N4/c1-13(2)8-16-9-15-10-17-12-19(15)14(3)11-18-6-4-5-7-18/h10,12-14,16H,4-9,11H2,1-3H3. The fourth-order valence-electron chi connectivity index (χ4n) is 2.78. The molecular weight excluding hydrogens is 236 g/mol. The number of hydrogen-bond donors (Lipinski definition) is 1. The van der Waals surface area contributed by atoms with E-state index in [9.17, 15) is 0 Å². The van der Waals surface area contributed by atoms with Crippen molar-refractivity contribution in [3.8, 4) is 0 Å². The van der Waals surface area contributed by atoms with E-state index in [1.165, 1.54) is 31.6 Å². The molecule has 0 radical (unpaired) electrons. The molecule has 19 heavy (non-hydrogen) atoms. The van der Waals surface area contributed by atoms with Gasteiger partial charge in [0.15, 0.2) is 0 Å². The van der Waals surface area contributed by atoms with Crippen LogP contribution in [0.5, 0.6) is 0 Å². The summed E-state index contributed by atoms with van der Waals surface area (Å²) in [5.41, 5.74) is 1.30. The van der Waals surface area contributed by atoms with Gasteiger partial charge in [0.05, 0.1) is 12.0 Å². The number of nitrogens with zero attached hydrogens (tertiary/aromatic N) is 3. The van der Waals surface area contributed by atoms with E-state index in [4.69, 9.17) is 0 Å². The van der Waals surface area contributed by atoms with Crippen molar-refractivity contribution >= 4 is 0 Å². The molecule has 0 amide bonds. The van der Waals surface area contributed by atoms with Gasteiger partial charge in [0.2, 0.25) is 0 Å². The molecule has 108 valence electrons. The third kappa shape index (κ3) is 4.32. The van der Waals surface area contributed by atoms with Crippen molar-refractivity contribution in [3.05, 3.63) is 18.2 Å². The largest absolute Gasteiger partial charge is 0.329 e. The summed E-state index contributed by atoms with van der Waals surface area (Å²) in [5.74, 6) is 0.693. The maximum absolute atomic E-state index is 4.32. The second kappa shape index (κ2) is 7.06. The molecule has 4 nitrogen and oxygen atoms in total. The van der Waals surface area contributed by atoms with Gasteiger partial charge in [-0.3, -0.25) is 0 Å². The summed E-state index contributed by atoms with van der Waals surface area (Å²) in [5, 5.41) is 3.50. The molecule has 1 aromatic rings. The van der Waals surface area contributed by atoms with Crippen LogP contribution in [-0.2, 0) is 6.54 Å². The summed E-state index contributed by atoms with van der Waals surface area (Å²) in [7, 11) is 0. The first kappa shape index (κ1) is 14.5. The monoisotopic (exact) mass is 264 g/mol. The summed E-state index contributed by atoms with van der Waals surface area (Å²) in [6.45, 7) is 12.4. The predicted octanol–water partition coefficient (Wildman–Crippen LogP) is 2.29. The van der Waals surface area contributed by atoms with E-state index in [-0.39, 0.29) is 0 Å². The fraction of sp³-hybridized carbons (Fsp3) is 0.800. The molecule has 0 aliphatic carbocycles. The first-order valence-electron chi connectivity index (χ1n) is 7.60. The lowest BCUT2D eigenvalue weighted by Crippen LogP contribution is -2.28. The van der Waals surface area contributed by atoms with Crippen LogP contribution in [0.1, 0.15) is 45.3 Å².